The van der Waals surface area contributed by atoms with Crippen LogP contribution in [0.5, 0.6) is 5.75 Å². The van der Waals surface area contributed by atoms with E-state index >= 15 is 0 Å². The molecule has 9 heteroatoms. The van der Waals surface area contributed by atoms with Gasteiger partial charge in [0, 0.05) is 6.54 Å². The molecule has 0 aliphatic carbocycles. The molecule has 0 spiro atoms. The Balaban J connectivity index is 0.000000351. The van der Waals surface area contributed by atoms with Gasteiger partial charge in [-0.05, 0) is 36.2 Å². The summed E-state index contributed by atoms with van der Waals surface area (Å²) in [5.74, 6) is -2.55. The maximum absolute atomic E-state index is 10.6. The van der Waals surface area contributed by atoms with E-state index in [1.807, 2.05) is 24.3 Å². The quantitative estimate of drug-likeness (QED) is 0.768. The summed E-state index contributed by atoms with van der Waals surface area (Å²) in [5.41, 5.74) is 7.57. The summed E-state index contributed by atoms with van der Waals surface area (Å²) in [5, 5.41) is 10.4. The second-order valence-electron chi connectivity index (χ2n) is 4.77. The maximum Gasteiger partial charge on any atom is 0.490 e. The smallest absolute Gasteiger partial charge is 0.484 e. The molecule has 1 aromatic carbocycles. The highest BCUT2D eigenvalue weighted by Gasteiger charge is 2.38. The van der Waals surface area contributed by atoms with E-state index in [0.717, 1.165) is 19.5 Å². The molecule has 2 rings (SSSR count). The molecule has 0 saturated heterocycles. The van der Waals surface area contributed by atoms with Crippen LogP contribution in [0.4, 0.5) is 13.2 Å². The molecule has 4 N–H and O–H groups in total. The van der Waals surface area contributed by atoms with Gasteiger partial charge in [0.15, 0.2) is 6.61 Å². The Bertz CT molecular complexity index is 598. The predicted octanol–water partition coefficient (Wildman–Crippen LogP) is 1.56. The number of nitrogens with two attached hydrogens (primary N) is 1. The van der Waals surface area contributed by atoms with Crippen LogP contribution in [-0.2, 0) is 9.59 Å². The number of carboxylic acid groups (broad SMARTS) is 1. The number of benzene rings is 1. The highest BCUT2D eigenvalue weighted by atomic mass is 19.4. The van der Waals surface area contributed by atoms with Crippen molar-refractivity contribution in [3.05, 3.63) is 35.9 Å². The van der Waals surface area contributed by atoms with Gasteiger partial charge in [0.2, 0.25) is 0 Å². The molecular weight excluding hydrogens is 329 g/mol. The zero-order chi connectivity index (χ0) is 18.2. The molecular formula is C15H17F3N2O4. The van der Waals surface area contributed by atoms with Gasteiger partial charge < -0.3 is 20.9 Å². The average Bonchev–Trinajstić information content (AvgIpc) is 2.54. The third kappa shape index (κ3) is 7.14. The second-order valence-corrected chi connectivity index (χ2v) is 4.77. The molecule has 1 aliphatic heterocycles. The van der Waals surface area contributed by atoms with Gasteiger partial charge in [-0.1, -0.05) is 18.2 Å². The first kappa shape index (κ1) is 19.5. The van der Waals surface area contributed by atoms with E-state index in [4.69, 9.17) is 20.4 Å². The second kappa shape index (κ2) is 8.92. The predicted molar refractivity (Wildman–Crippen MR) is 80.3 cm³/mol. The normalized spacial score (nSPS) is 14.0. The van der Waals surface area contributed by atoms with Crippen molar-refractivity contribution in [3.8, 4) is 5.75 Å². The van der Waals surface area contributed by atoms with Gasteiger partial charge in [-0.3, -0.25) is 4.79 Å². The first-order chi connectivity index (χ1) is 11.2. The lowest BCUT2D eigenvalue weighted by atomic mass is 10.0. The summed E-state index contributed by atoms with van der Waals surface area (Å²) in [7, 11) is 0. The standard InChI is InChI=1S/C13H16N2O2.C2HF3O2/c14-13(16)9-17-12-3-1-10(2-4-12)11-5-7-15-8-6-11;3-2(4,5)1(6)7/h1-5,15H,6-9H2,(H2,14,16);(H,6,7). The molecule has 1 heterocycles. The van der Waals surface area contributed by atoms with E-state index in [9.17, 15) is 18.0 Å². The number of primary amides is 1. The van der Waals surface area contributed by atoms with Crippen LogP contribution in [0.3, 0.4) is 0 Å². The minimum atomic E-state index is -5.08. The van der Waals surface area contributed by atoms with Crippen LogP contribution >= 0.6 is 0 Å². The van der Waals surface area contributed by atoms with E-state index in [0.29, 0.717) is 5.75 Å². The van der Waals surface area contributed by atoms with Crippen molar-refractivity contribution in [2.75, 3.05) is 19.7 Å². The van der Waals surface area contributed by atoms with Crippen LogP contribution < -0.4 is 15.8 Å². The van der Waals surface area contributed by atoms with Crippen LogP contribution in [0, 0.1) is 0 Å². The summed E-state index contributed by atoms with van der Waals surface area (Å²) >= 11 is 0. The number of hydrogen-bond acceptors (Lipinski definition) is 4. The molecule has 0 saturated carbocycles. The van der Waals surface area contributed by atoms with Crippen LogP contribution in [0.15, 0.2) is 30.3 Å². The van der Waals surface area contributed by atoms with Gasteiger partial charge in [0.1, 0.15) is 5.75 Å². The number of carbonyl (C=O) groups is 2. The zero-order valence-corrected chi connectivity index (χ0v) is 12.6. The number of carbonyl (C=O) groups excluding carboxylic acids is 1. The fourth-order valence-corrected chi connectivity index (χ4v) is 1.80. The number of carboxylic acids is 1. The molecule has 1 aromatic rings. The number of aliphatic carboxylic acids is 1. The van der Waals surface area contributed by atoms with Gasteiger partial charge in [-0.15, -0.1) is 0 Å². The van der Waals surface area contributed by atoms with E-state index in [2.05, 4.69) is 11.4 Å². The number of hydrogen-bond donors (Lipinski definition) is 3. The molecule has 0 fully saturated rings. The van der Waals surface area contributed by atoms with Crippen molar-refractivity contribution < 1.29 is 32.6 Å². The summed E-state index contributed by atoms with van der Waals surface area (Å²) < 4.78 is 36.9. The van der Waals surface area contributed by atoms with Gasteiger partial charge in [0.05, 0.1) is 0 Å². The van der Waals surface area contributed by atoms with Gasteiger partial charge in [-0.2, -0.15) is 13.2 Å². The number of nitrogens with one attached hydrogen (secondary N) is 1. The van der Waals surface area contributed by atoms with Crippen LogP contribution in [0.25, 0.3) is 5.57 Å². The largest absolute Gasteiger partial charge is 0.490 e. The van der Waals surface area contributed by atoms with E-state index in [1.165, 1.54) is 11.1 Å². The zero-order valence-electron chi connectivity index (χ0n) is 12.6. The van der Waals surface area contributed by atoms with Crippen molar-refractivity contribution in [2.45, 2.75) is 12.6 Å². The first-order valence-corrected chi connectivity index (χ1v) is 6.91. The molecule has 0 radical (unpaired) electrons. The van der Waals surface area contributed by atoms with Crippen molar-refractivity contribution in [3.63, 3.8) is 0 Å². The van der Waals surface area contributed by atoms with Crippen LogP contribution in [0.2, 0.25) is 0 Å². The molecule has 0 aromatic heterocycles. The highest BCUT2D eigenvalue weighted by molar-refractivity contribution is 5.75. The third-order valence-corrected chi connectivity index (χ3v) is 2.91. The van der Waals surface area contributed by atoms with Gasteiger partial charge >= 0.3 is 12.1 Å². The Labute approximate surface area is 136 Å². The molecule has 0 atom stereocenters. The van der Waals surface area contributed by atoms with Crippen molar-refractivity contribution >= 4 is 17.4 Å². The lowest BCUT2D eigenvalue weighted by Gasteiger charge is -2.14. The molecule has 1 aliphatic rings. The van der Waals surface area contributed by atoms with Crippen molar-refractivity contribution in [1.29, 1.82) is 0 Å². The fourth-order valence-electron chi connectivity index (χ4n) is 1.80. The molecule has 132 valence electrons. The molecule has 6 nitrogen and oxygen atoms in total. The summed E-state index contributed by atoms with van der Waals surface area (Å²) in [6.45, 7) is 1.87. The topological polar surface area (TPSA) is 102 Å². The molecule has 1 amide bonds. The Morgan fingerprint density at radius 3 is 2.25 bits per heavy atom. The Morgan fingerprint density at radius 2 is 1.83 bits per heavy atom. The Kier molecular flexibility index (Phi) is 7.25. The van der Waals surface area contributed by atoms with Crippen molar-refractivity contribution in [1.82, 2.24) is 5.32 Å². The number of ether oxygens (including phenoxy) is 1. The number of alkyl halides is 3. The van der Waals surface area contributed by atoms with Crippen molar-refractivity contribution in [2.24, 2.45) is 5.73 Å². The number of halogens is 3. The van der Waals surface area contributed by atoms with E-state index < -0.39 is 18.1 Å². The average molecular weight is 346 g/mol. The molecule has 0 bridgehead atoms. The SMILES string of the molecule is NC(=O)COc1ccc(C2=CCNCC2)cc1.O=C(O)C(F)(F)F. The Morgan fingerprint density at radius 1 is 1.25 bits per heavy atom. The number of rotatable bonds is 4. The van der Waals surface area contributed by atoms with Gasteiger partial charge in [-0.25, -0.2) is 4.79 Å². The van der Waals surface area contributed by atoms with E-state index in [-0.39, 0.29) is 6.61 Å². The minimum absolute atomic E-state index is 0.0774. The van der Waals surface area contributed by atoms with Crippen LogP contribution in [-0.4, -0.2) is 42.9 Å². The summed E-state index contributed by atoms with van der Waals surface area (Å²) in [4.78, 5) is 19.5. The fraction of sp³-hybridized carbons (Fsp3) is 0.333. The first-order valence-electron chi connectivity index (χ1n) is 6.91. The summed E-state index contributed by atoms with van der Waals surface area (Å²) in [6.07, 6.45) is -1.84. The van der Waals surface area contributed by atoms with Gasteiger partial charge in [0.25, 0.3) is 5.91 Å². The van der Waals surface area contributed by atoms with Crippen LogP contribution in [0.1, 0.15) is 12.0 Å². The minimum Gasteiger partial charge on any atom is -0.484 e. The molecule has 24 heavy (non-hydrogen) atoms. The summed E-state index contributed by atoms with van der Waals surface area (Å²) in [6, 6.07) is 7.74. The maximum atomic E-state index is 10.6. The third-order valence-electron chi connectivity index (χ3n) is 2.91. The lowest BCUT2D eigenvalue weighted by molar-refractivity contribution is -0.192. The van der Waals surface area contributed by atoms with E-state index in [1.54, 1.807) is 0 Å². The Hall–Kier alpha value is -2.55. The lowest BCUT2D eigenvalue weighted by Crippen LogP contribution is -2.21. The highest BCUT2D eigenvalue weighted by Crippen LogP contribution is 2.22. The number of amides is 1. The monoisotopic (exact) mass is 346 g/mol. The molecule has 0 unspecified atom stereocenters.